The van der Waals surface area contributed by atoms with Crippen molar-refractivity contribution in [1.82, 2.24) is 10.9 Å². The quantitative estimate of drug-likeness (QED) is 0.829. The minimum absolute atomic E-state index is 0.135. The highest BCUT2D eigenvalue weighted by molar-refractivity contribution is 7.20. The van der Waals surface area contributed by atoms with Gasteiger partial charge in [-0.1, -0.05) is 35.3 Å². The predicted octanol–water partition coefficient (Wildman–Crippen LogP) is 3.27. The third kappa shape index (κ3) is 3.27. The van der Waals surface area contributed by atoms with Crippen molar-refractivity contribution in [2.75, 3.05) is 0 Å². The molecule has 0 bridgehead atoms. The SMILES string of the molecule is O=C(NNC(=O)c1cc(Cl)sc1Cl)c1ccccc1F. The van der Waals surface area contributed by atoms with E-state index in [2.05, 4.69) is 10.9 Å². The van der Waals surface area contributed by atoms with Gasteiger partial charge in [0, 0.05) is 0 Å². The molecule has 0 aliphatic rings. The van der Waals surface area contributed by atoms with E-state index in [9.17, 15) is 14.0 Å². The second-order valence-corrected chi connectivity index (χ2v) is 5.91. The van der Waals surface area contributed by atoms with E-state index in [-0.39, 0.29) is 15.5 Å². The number of carbonyl (C=O) groups is 2. The van der Waals surface area contributed by atoms with Gasteiger partial charge in [-0.15, -0.1) is 11.3 Å². The van der Waals surface area contributed by atoms with Gasteiger partial charge in [-0.25, -0.2) is 4.39 Å². The Kier molecular flexibility index (Phi) is 4.59. The molecule has 2 aromatic rings. The van der Waals surface area contributed by atoms with Gasteiger partial charge < -0.3 is 0 Å². The first-order valence-corrected chi connectivity index (χ1v) is 6.86. The number of amides is 2. The van der Waals surface area contributed by atoms with Gasteiger partial charge >= 0.3 is 0 Å². The summed E-state index contributed by atoms with van der Waals surface area (Å²) >= 11 is 12.5. The van der Waals surface area contributed by atoms with Crippen LogP contribution in [0.1, 0.15) is 20.7 Å². The molecule has 1 aromatic carbocycles. The van der Waals surface area contributed by atoms with E-state index in [0.717, 1.165) is 17.4 Å². The summed E-state index contributed by atoms with van der Waals surface area (Å²) in [5, 5.41) is 0. The summed E-state index contributed by atoms with van der Waals surface area (Å²) in [7, 11) is 0. The first kappa shape index (κ1) is 14.8. The van der Waals surface area contributed by atoms with Gasteiger partial charge in [-0.2, -0.15) is 0 Å². The van der Waals surface area contributed by atoms with Crippen LogP contribution in [0.15, 0.2) is 30.3 Å². The van der Waals surface area contributed by atoms with Crippen LogP contribution in [0.25, 0.3) is 0 Å². The molecule has 0 saturated heterocycles. The summed E-state index contributed by atoms with van der Waals surface area (Å²) in [5.41, 5.74) is 4.19. The van der Waals surface area contributed by atoms with Crippen molar-refractivity contribution in [3.63, 3.8) is 0 Å². The molecule has 0 spiro atoms. The fourth-order valence-corrected chi connectivity index (χ4v) is 2.85. The molecule has 0 fully saturated rings. The molecule has 0 aliphatic heterocycles. The van der Waals surface area contributed by atoms with E-state index in [0.29, 0.717) is 4.34 Å². The smallest absolute Gasteiger partial charge is 0.267 e. The maximum Gasteiger partial charge on any atom is 0.272 e. The van der Waals surface area contributed by atoms with Gasteiger partial charge in [0.25, 0.3) is 11.8 Å². The molecular weight excluding hydrogens is 326 g/mol. The largest absolute Gasteiger partial charge is 0.272 e. The lowest BCUT2D eigenvalue weighted by atomic mass is 10.2. The summed E-state index contributed by atoms with van der Waals surface area (Å²) in [6.45, 7) is 0. The average Bonchev–Trinajstić information content (AvgIpc) is 2.75. The zero-order chi connectivity index (χ0) is 14.7. The topological polar surface area (TPSA) is 58.2 Å². The lowest BCUT2D eigenvalue weighted by Crippen LogP contribution is -2.41. The molecule has 2 rings (SSSR count). The minimum Gasteiger partial charge on any atom is -0.267 e. The van der Waals surface area contributed by atoms with Crippen molar-refractivity contribution in [1.29, 1.82) is 0 Å². The molecule has 4 nitrogen and oxygen atoms in total. The number of benzene rings is 1. The zero-order valence-electron chi connectivity index (χ0n) is 9.75. The van der Waals surface area contributed by atoms with Crippen LogP contribution in [-0.2, 0) is 0 Å². The monoisotopic (exact) mass is 332 g/mol. The number of carbonyl (C=O) groups excluding carboxylic acids is 2. The summed E-state index contributed by atoms with van der Waals surface area (Å²) in [4.78, 5) is 23.4. The van der Waals surface area contributed by atoms with Gasteiger partial charge in [0.2, 0.25) is 0 Å². The lowest BCUT2D eigenvalue weighted by molar-refractivity contribution is 0.0844. The number of rotatable bonds is 2. The first-order chi connectivity index (χ1) is 9.49. The van der Waals surface area contributed by atoms with Gasteiger partial charge in [-0.3, -0.25) is 20.4 Å². The van der Waals surface area contributed by atoms with E-state index in [1.807, 2.05) is 0 Å². The van der Waals surface area contributed by atoms with Crippen LogP contribution < -0.4 is 10.9 Å². The Labute approximate surface area is 127 Å². The molecule has 20 heavy (non-hydrogen) atoms. The highest BCUT2D eigenvalue weighted by atomic mass is 35.5. The van der Waals surface area contributed by atoms with Gasteiger partial charge in [0.15, 0.2) is 0 Å². The molecular formula is C12H7Cl2FN2O2S. The van der Waals surface area contributed by atoms with Crippen LogP contribution in [-0.4, -0.2) is 11.8 Å². The van der Waals surface area contributed by atoms with Gasteiger partial charge in [0.05, 0.1) is 15.5 Å². The van der Waals surface area contributed by atoms with Crippen LogP contribution in [0.2, 0.25) is 8.67 Å². The number of hydrogen-bond acceptors (Lipinski definition) is 3. The molecule has 0 saturated carbocycles. The Balaban J connectivity index is 2.02. The van der Waals surface area contributed by atoms with E-state index < -0.39 is 17.6 Å². The maximum atomic E-state index is 13.3. The van der Waals surface area contributed by atoms with Crippen molar-refractivity contribution in [2.24, 2.45) is 0 Å². The lowest BCUT2D eigenvalue weighted by Gasteiger charge is -2.07. The van der Waals surface area contributed by atoms with E-state index in [4.69, 9.17) is 23.2 Å². The molecule has 1 aromatic heterocycles. The molecule has 8 heteroatoms. The Morgan fingerprint density at radius 3 is 2.20 bits per heavy atom. The van der Waals surface area contributed by atoms with Crippen molar-refractivity contribution in [3.8, 4) is 0 Å². The molecule has 0 atom stereocenters. The Hall–Kier alpha value is -1.63. The predicted molar refractivity (Wildman–Crippen MR) is 75.7 cm³/mol. The normalized spacial score (nSPS) is 10.2. The van der Waals surface area contributed by atoms with Crippen molar-refractivity contribution in [2.45, 2.75) is 0 Å². The number of hydrogen-bond donors (Lipinski definition) is 2. The molecule has 2 amide bonds. The first-order valence-electron chi connectivity index (χ1n) is 5.29. The highest BCUT2D eigenvalue weighted by Gasteiger charge is 2.16. The van der Waals surface area contributed by atoms with Crippen LogP contribution >= 0.6 is 34.5 Å². The number of hydrazine groups is 1. The third-order valence-corrected chi connectivity index (χ3v) is 3.80. The third-order valence-electron chi connectivity index (χ3n) is 2.31. The summed E-state index contributed by atoms with van der Waals surface area (Å²) in [5.74, 6) is -2.09. The van der Waals surface area contributed by atoms with Crippen molar-refractivity contribution >= 4 is 46.4 Å². The Morgan fingerprint density at radius 2 is 1.65 bits per heavy atom. The van der Waals surface area contributed by atoms with Crippen molar-refractivity contribution in [3.05, 3.63) is 55.9 Å². The highest BCUT2D eigenvalue weighted by Crippen LogP contribution is 2.30. The fraction of sp³-hybridized carbons (Fsp3) is 0. The summed E-state index contributed by atoms with van der Waals surface area (Å²) in [6, 6.07) is 6.78. The van der Waals surface area contributed by atoms with E-state index >= 15 is 0 Å². The summed E-state index contributed by atoms with van der Waals surface area (Å²) in [6.07, 6.45) is 0. The molecule has 1 heterocycles. The number of halogens is 3. The number of thiophene rings is 1. The van der Waals surface area contributed by atoms with Crippen LogP contribution in [0, 0.1) is 5.82 Å². The van der Waals surface area contributed by atoms with Crippen LogP contribution in [0.3, 0.4) is 0 Å². The molecule has 0 aliphatic carbocycles. The number of nitrogens with one attached hydrogen (secondary N) is 2. The Bertz CT molecular complexity index is 675. The fourth-order valence-electron chi connectivity index (χ4n) is 1.39. The zero-order valence-corrected chi connectivity index (χ0v) is 12.1. The summed E-state index contributed by atoms with van der Waals surface area (Å²) < 4.78 is 13.9. The minimum atomic E-state index is -0.770. The Morgan fingerprint density at radius 1 is 1.05 bits per heavy atom. The molecule has 0 unspecified atom stereocenters. The maximum absolute atomic E-state index is 13.3. The van der Waals surface area contributed by atoms with Crippen LogP contribution in [0.4, 0.5) is 4.39 Å². The van der Waals surface area contributed by atoms with E-state index in [1.54, 1.807) is 0 Å². The van der Waals surface area contributed by atoms with Gasteiger partial charge in [-0.05, 0) is 18.2 Å². The molecule has 104 valence electrons. The van der Waals surface area contributed by atoms with Crippen molar-refractivity contribution < 1.29 is 14.0 Å². The second-order valence-electron chi connectivity index (χ2n) is 3.63. The second kappa shape index (κ2) is 6.21. The van der Waals surface area contributed by atoms with Gasteiger partial charge in [0.1, 0.15) is 10.2 Å². The van der Waals surface area contributed by atoms with Crippen LogP contribution in [0.5, 0.6) is 0 Å². The van der Waals surface area contributed by atoms with E-state index in [1.165, 1.54) is 24.3 Å². The average molecular weight is 333 g/mol. The molecule has 0 radical (unpaired) electrons. The molecule has 2 N–H and O–H groups in total. The standard InChI is InChI=1S/C12H7Cl2FN2O2S/c13-9-5-7(10(14)20-9)12(19)17-16-11(18)6-3-1-2-4-8(6)15/h1-5H,(H,16,18)(H,17,19).